The highest BCUT2D eigenvalue weighted by Crippen LogP contribution is 2.15. The number of benzene rings is 2. The van der Waals surface area contributed by atoms with Gasteiger partial charge < -0.3 is 5.32 Å². The largest absolute Gasteiger partial charge is 0.352 e. The van der Waals surface area contributed by atoms with Crippen molar-refractivity contribution < 1.29 is 13.2 Å². The number of nitrogens with two attached hydrogens (primary N) is 1. The van der Waals surface area contributed by atoms with Crippen LogP contribution in [0.2, 0.25) is 0 Å². The van der Waals surface area contributed by atoms with Crippen LogP contribution in [0.4, 0.5) is 0 Å². The number of hydrogen-bond donors (Lipinski definition) is 2. The van der Waals surface area contributed by atoms with E-state index in [-0.39, 0.29) is 17.2 Å². The van der Waals surface area contributed by atoms with Crippen molar-refractivity contribution in [3.63, 3.8) is 0 Å². The summed E-state index contributed by atoms with van der Waals surface area (Å²) in [5, 5.41) is 12.6. The minimum atomic E-state index is -3.73. The molecule has 0 aliphatic rings. The number of aromatic nitrogens is 2. The molecule has 0 saturated carbocycles. The molecule has 0 bridgehead atoms. The van der Waals surface area contributed by atoms with E-state index in [0.717, 1.165) is 22.5 Å². The topological polar surface area (TPSA) is 107 Å². The summed E-state index contributed by atoms with van der Waals surface area (Å²) in [4.78, 5) is 12.3. The molecule has 0 atom stereocenters. The van der Waals surface area contributed by atoms with Crippen LogP contribution in [0.5, 0.6) is 0 Å². The standard InChI is InChI=1S/C21H24N4O3S/c1-15-20(16(2)25(24-15)14-18-6-4-3-5-7-18)13-23-21(26)12-17-8-10-19(11-9-17)29(22,27)28/h3-11H,12-14H2,1-2H3,(H,23,26)(H2,22,27,28). The molecule has 1 heterocycles. The van der Waals surface area contributed by atoms with Gasteiger partial charge in [0.05, 0.1) is 23.6 Å². The highest BCUT2D eigenvalue weighted by atomic mass is 32.2. The van der Waals surface area contributed by atoms with Crippen LogP contribution in [0.1, 0.15) is 28.1 Å². The van der Waals surface area contributed by atoms with Crippen molar-refractivity contribution >= 4 is 15.9 Å². The van der Waals surface area contributed by atoms with Gasteiger partial charge in [-0.3, -0.25) is 9.48 Å². The molecule has 0 saturated heterocycles. The van der Waals surface area contributed by atoms with Crippen molar-refractivity contribution in [1.82, 2.24) is 15.1 Å². The molecular formula is C21H24N4O3S. The monoisotopic (exact) mass is 412 g/mol. The Kier molecular flexibility index (Phi) is 6.14. The van der Waals surface area contributed by atoms with Crippen LogP contribution in [0.3, 0.4) is 0 Å². The fraction of sp³-hybridized carbons (Fsp3) is 0.238. The summed E-state index contributed by atoms with van der Waals surface area (Å²) in [5.74, 6) is -0.150. The lowest BCUT2D eigenvalue weighted by Crippen LogP contribution is -2.25. The number of nitrogens with one attached hydrogen (secondary N) is 1. The third-order valence-electron chi connectivity index (χ3n) is 4.79. The molecule has 29 heavy (non-hydrogen) atoms. The minimum absolute atomic E-state index is 0.0266. The molecular weight excluding hydrogens is 388 g/mol. The van der Waals surface area contributed by atoms with Gasteiger partial charge in [-0.05, 0) is 37.1 Å². The maximum absolute atomic E-state index is 12.3. The normalized spacial score (nSPS) is 11.4. The van der Waals surface area contributed by atoms with Crippen molar-refractivity contribution in [2.24, 2.45) is 5.14 Å². The summed E-state index contributed by atoms with van der Waals surface area (Å²) in [5.41, 5.74) is 4.78. The molecule has 7 nitrogen and oxygen atoms in total. The lowest BCUT2D eigenvalue weighted by Gasteiger charge is -2.08. The molecule has 1 aromatic heterocycles. The van der Waals surface area contributed by atoms with Crippen molar-refractivity contribution in [2.45, 2.75) is 38.3 Å². The molecule has 1 amide bonds. The predicted octanol–water partition coefficient (Wildman–Crippen LogP) is 2.05. The van der Waals surface area contributed by atoms with Gasteiger partial charge in [-0.2, -0.15) is 5.10 Å². The maximum Gasteiger partial charge on any atom is 0.238 e. The number of primary sulfonamides is 1. The zero-order chi connectivity index (χ0) is 21.0. The zero-order valence-electron chi connectivity index (χ0n) is 16.4. The highest BCUT2D eigenvalue weighted by molar-refractivity contribution is 7.89. The summed E-state index contributed by atoms with van der Waals surface area (Å²) < 4.78 is 24.5. The number of carbonyl (C=O) groups excluding carboxylic acids is 1. The summed E-state index contributed by atoms with van der Waals surface area (Å²) in [6, 6.07) is 16.1. The van der Waals surface area contributed by atoms with Gasteiger partial charge in [-0.25, -0.2) is 13.6 Å². The van der Waals surface area contributed by atoms with E-state index in [1.54, 1.807) is 12.1 Å². The molecule has 8 heteroatoms. The van der Waals surface area contributed by atoms with Crippen LogP contribution >= 0.6 is 0 Å². The first kappa shape index (κ1) is 20.8. The smallest absolute Gasteiger partial charge is 0.238 e. The Bertz CT molecular complexity index is 1100. The molecule has 0 spiro atoms. The van der Waals surface area contributed by atoms with Gasteiger partial charge >= 0.3 is 0 Å². The fourth-order valence-corrected chi connectivity index (χ4v) is 3.65. The lowest BCUT2D eigenvalue weighted by atomic mass is 10.1. The van der Waals surface area contributed by atoms with Gasteiger partial charge in [0, 0.05) is 17.8 Å². The molecule has 0 radical (unpaired) electrons. The number of aryl methyl sites for hydroxylation is 1. The summed E-state index contributed by atoms with van der Waals surface area (Å²) in [7, 11) is -3.73. The second kappa shape index (κ2) is 8.59. The van der Waals surface area contributed by atoms with E-state index in [0.29, 0.717) is 18.7 Å². The molecule has 2 aromatic carbocycles. The van der Waals surface area contributed by atoms with Crippen molar-refractivity contribution in [2.75, 3.05) is 0 Å². The Balaban J connectivity index is 1.61. The van der Waals surface area contributed by atoms with E-state index in [2.05, 4.69) is 22.5 Å². The van der Waals surface area contributed by atoms with Gasteiger partial charge in [-0.1, -0.05) is 42.5 Å². The molecule has 0 fully saturated rings. The van der Waals surface area contributed by atoms with Gasteiger partial charge in [-0.15, -0.1) is 0 Å². The zero-order valence-corrected chi connectivity index (χ0v) is 17.2. The number of carbonyl (C=O) groups is 1. The summed E-state index contributed by atoms with van der Waals surface area (Å²) >= 11 is 0. The van der Waals surface area contributed by atoms with Crippen LogP contribution in [0, 0.1) is 13.8 Å². The van der Waals surface area contributed by atoms with E-state index >= 15 is 0 Å². The highest BCUT2D eigenvalue weighted by Gasteiger charge is 2.13. The number of sulfonamides is 1. The average Bonchev–Trinajstić information content (AvgIpc) is 2.93. The maximum atomic E-state index is 12.3. The van der Waals surface area contributed by atoms with Crippen LogP contribution in [0.25, 0.3) is 0 Å². The summed E-state index contributed by atoms with van der Waals surface area (Å²) in [6.07, 6.45) is 0.154. The van der Waals surface area contributed by atoms with Crippen molar-refractivity contribution in [3.8, 4) is 0 Å². The molecule has 152 valence electrons. The SMILES string of the molecule is Cc1nn(Cc2ccccc2)c(C)c1CNC(=O)Cc1ccc(S(N)(=O)=O)cc1. The molecule has 0 aliphatic heterocycles. The third kappa shape index (κ3) is 5.30. The number of amides is 1. The second-order valence-corrected chi connectivity index (χ2v) is 8.50. The van der Waals surface area contributed by atoms with E-state index in [9.17, 15) is 13.2 Å². The first-order valence-electron chi connectivity index (χ1n) is 9.19. The first-order valence-corrected chi connectivity index (χ1v) is 10.7. The van der Waals surface area contributed by atoms with E-state index in [1.807, 2.05) is 36.7 Å². The Morgan fingerprint density at radius 1 is 1.03 bits per heavy atom. The quantitative estimate of drug-likeness (QED) is 0.619. The van der Waals surface area contributed by atoms with Gasteiger partial charge in [0.15, 0.2) is 0 Å². The lowest BCUT2D eigenvalue weighted by molar-refractivity contribution is -0.120. The van der Waals surface area contributed by atoms with Crippen LogP contribution in [0.15, 0.2) is 59.5 Å². The molecule has 0 unspecified atom stereocenters. The van der Waals surface area contributed by atoms with E-state index in [1.165, 1.54) is 12.1 Å². The minimum Gasteiger partial charge on any atom is -0.352 e. The Morgan fingerprint density at radius 2 is 1.69 bits per heavy atom. The van der Waals surface area contributed by atoms with Crippen molar-refractivity contribution in [1.29, 1.82) is 0 Å². The van der Waals surface area contributed by atoms with E-state index < -0.39 is 10.0 Å². The average molecular weight is 413 g/mol. The van der Waals surface area contributed by atoms with Gasteiger partial charge in [0.1, 0.15) is 0 Å². The molecule has 3 N–H and O–H groups in total. The van der Waals surface area contributed by atoms with E-state index in [4.69, 9.17) is 5.14 Å². The molecule has 0 aliphatic carbocycles. The predicted molar refractivity (Wildman–Crippen MR) is 111 cm³/mol. The molecule has 3 aromatic rings. The Morgan fingerprint density at radius 3 is 2.31 bits per heavy atom. The number of nitrogens with zero attached hydrogens (tertiary/aromatic N) is 2. The Labute approximate surface area is 170 Å². The Hall–Kier alpha value is -2.97. The number of hydrogen-bond acceptors (Lipinski definition) is 4. The first-order chi connectivity index (χ1) is 13.7. The summed E-state index contributed by atoms with van der Waals surface area (Å²) in [6.45, 7) is 5.00. The second-order valence-electron chi connectivity index (χ2n) is 6.94. The molecule has 3 rings (SSSR count). The number of rotatable bonds is 7. The third-order valence-corrected chi connectivity index (χ3v) is 5.71. The van der Waals surface area contributed by atoms with Gasteiger partial charge in [0.2, 0.25) is 15.9 Å². The van der Waals surface area contributed by atoms with Crippen molar-refractivity contribution in [3.05, 3.63) is 82.7 Å². The van der Waals surface area contributed by atoms with Crippen LogP contribution < -0.4 is 10.5 Å². The fourth-order valence-electron chi connectivity index (χ4n) is 3.13. The van der Waals surface area contributed by atoms with Crippen LogP contribution in [-0.2, 0) is 34.3 Å². The van der Waals surface area contributed by atoms with Crippen LogP contribution in [-0.4, -0.2) is 24.1 Å². The van der Waals surface area contributed by atoms with Gasteiger partial charge in [0.25, 0.3) is 0 Å².